The highest BCUT2D eigenvalue weighted by molar-refractivity contribution is 5.49. The number of rotatable bonds is 19. The minimum absolute atomic E-state index is 0.442. The van der Waals surface area contributed by atoms with Crippen molar-refractivity contribution >= 4 is 11.4 Å². The Bertz CT molecular complexity index is 1340. The molecule has 0 amide bonds. The van der Waals surface area contributed by atoms with Gasteiger partial charge < -0.3 is 11.5 Å². The lowest BCUT2D eigenvalue weighted by atomic mass is 9.86. The molecule has 2 nitrogen and oxygen atoms in total. The Balaban J connectivity index is 1.03. The number of nitrogen functional groups attached to an aromatic ring is 2. The Labute approximate surface area is 281 Å². The maximum Gasteiger partial charge on any atom is 0.0316 e. The van der Waals surface area contributed by atoms with E-state index in [0.717, 1.165) is 24.2 Å². The van der Waals surface area contributed by atoms with Crippen molar-refractivity contribution in [1.82, 2.24) is 0 Å². The summed E-state index contributed by atoms with van der Waals surface area (Å²) in [6, 6.07) is 31.5. The number of benzene rings is 4. The third-order valence-electron chi connectivity index (χ3n) is 10.1. The van der Waals surface area contributed by atoms with Crippen molar-refractivity contribution in [2.45, 2.75) is 129 Å². The van der Waals surface area contributed by atoms with Gasteiger partial charge >= 0.3 is 0 Å². The van der Waals surface area contributed by atoms with E-state index >= 15 is 0 Å². The first-order valence-corrected chi connectivity index (χ1v) is 18.3. The van der Waals surface area contributed by atoms with Gasteiger partial charge in [-0.25, -0.2) is 0 Å². The van der Waals surface area contributed by atoms with Crippen LogP contribution in [0.5, 0.6) is 0 Å². The van der Waals surface area contributed by atoms with Gasteiger partial charge in [-0.3, -0.25) is 0 Å². The fourth-order valence-electron chi connectivity index (χ4n) is 7.36. The summed E-state index contributed by atoms with van der Waals surface area (Å²) in [7, 11) is 0. The second kappa shape index (κ2) is 18.6. The molecule has 4 rings (SSSR count). The molecule has 0 saturated heterocycles. The van der Waals surface area contributed by atoms with Gasteiger partial charge in [-0.05, 0) is 121 Å². The van der Waals surface area contributed by atoms with Crippen molar-refractivity contribution in [3.8, 4) is 0 Å². The van der Waals surface area contributed by atoms with Gasteiger partial charge in [0.2, 0.25) is 0 Å². The van der Waals surface area contributed by atoms with Crippen molar-refractivity contribution < 1.29 is 0 Å². The zero-order chi connectivity index (χ0) is 32.7. The summed E-state index contributed by atoms with van der Waals surface area (Å²) in [5, 5.41) is 0. The quantitative estimate of drug-likeness (QED) is 0.0813. The van der Waals surface area contributed by atoms with Crippen LogP contribution in [0.25, 0.3) is 0 Å². The molecule has 0 bridgehead atoms. The summed E-state index contributed by atoms with van der Waals surface area (Å²) in [6.07, 6.45) is 18.2. The molecule has 0 radical (unpaired) electrons. The minimum Gasteiger partial charge on any atom is -0.399 e. The van der Waals surface area contributed by atoms with Gasteiger partial charge in [-0.2, -0.15) is 0 Å². The van der Waals surface area contributed by atoms with Gasteiger partial charge in [0, 0.05) is 23.2 Å². The van der Waals surface area contributed by atoms with E-state index in [1.54, 1.807) is 0 Å². The van der Waals surface area contributed by atoms with Crippen LogP contribution in [0.15, 0.2) is 84.9 Å². The lowest BCUT2D eigenvalue weighted by Crippen LogP contribution is -2.03. The Morgan fingerprint density at radius 3 is 1.07 bits per heavy atom. The van der Waals surface area contributed by atoms with E-state index in [-0.39, 0.29) is 0 Å². The van der Waals surface area contributed by atoms with Gasteiger partial charge in [0.05, 0.1) is 0 Å². The lowest BCUT2D eigenvalue weighted by molar-refractivity contribution is 0.551. The summed E-state index contributed by atoms with van der Waals surface area (Å²) >= 11 is 0. The van der Waals surface area contributed by atoms with Crippen LogP contribution in [-0.4, -0.2) is 0 Å². The molecule has 0 aromatic heterocycles. The second-order valence-electron chi connectivity index (χ2n) is 13.7. The first-order chi connectivity index (χ1) is 22.4. The van der Waals surface area contributed by atoms with Gasteiger partial charge in [0.1, 0.15) is 0 Å². The van der Waals surface area contributed by atoms with E-state index in [1.165, 1.54) is 122 Å². The fraction of sp³-hybridized carbons (Fsp3) is 0.455. The molecule has 4 aromatic rings. The number of nitrogens with two attached hydrogens (primary N) is 2. The Morgan fingerprint density at radius 1 is 0.435 bits per heavy atom. The van der Waals surface area contributed by atoms with Crippen molar-refractivity contribution in [3.63, 3.8) is 0 Å². The molecule has 4 aromatic carbocycles. The average molecular weight is 617 g/mol. The molecule has 4 N–H and O–H groups in total. The number of aryl methyl sites for hydroxylation is 4. The Morgan fingerprint density at radius 2 is 0.761 bits per heavy atom. The lowest BCUT2D eigenvalue weighted by Gasteiger charge is -2.19. The molecule has 246 valence electrons. The first kappa shape index (κ1) is 35.3. The molecule has 0 saturated carbocycles. The van der Waals surface area contributed by atoms with E-state index < -0.39 is 0 Å². The molecular weight excluding hydrogens is 556 g/mol. The molecule has 0 aliphatic carbocycles. The maximum absolute atomic E-state index is 5.99. The monoisotopic (exact) mass is 616 g/mol. The van der Waals surface area contributed by atoms with Crippen molar-refractivity contribution in [2.24, 2.45) is 0 Å². The number of unbranched alkanes of at least 4 members (excludes halogenated alkanes) is 9. The third kappa shape index (κ3) is 10.5. The molecule has 2 heteroatoms. The summed E-state index contributed by atoms with van der Waals surface area (Å²) in [4.78, 5) is 0. The molecule has 0 aliphatic rings. The fourth-order valence-corrected chi connectivity index (χ4v) is 7.36. The van der Waals surface area contributed by atoms with Crippen molar-refractivity contribution in [3.05, 3.63) is 129 Å². The number of anilines is 2. The average Bonchev–Trinajstić information content (AvgIpc) is 3.05. The Hall–Kier alpha value is -3.52. The predicted molar refractivity (Wildman–Crippen MR) is 202 cm³/mol. The second-order valence-corrected chi connectivity index (χ2v) is 13.7. The molecule has 2 atom stereocenters. The minimum atomic E-state index is 0.442. The molecular formula is C44H60N2. The highest BCUT2D eigenvalue weighted by Crippen LogP contribution is 2.33. The molecule has 0 fully saturated rings. The predicted octanol–water partition coefficient (Wildman–Crippen LogP) is 12.2. The molecule has 2 unspecified atom stereocenters. The van der Waals surface area contributed by atoms with E-state index in [1.807, 2.05) is 12.1 Å². The number of hydrogen-bond acceptors (Lipinski definition) is 2. The van der Waals surface area contributed by atoms with E-state index in [0.29, 0.717) is 11.8 Å². The topological polar surface area (TPSA) is 52.0 Å². The van der Waals surface area contributed by atoms with Crippen LogP contribution in [0, 0.1) is 13.8 Å². The van der Waals surface area contributed by atoms with E-state index in [4.69, 9.17) is 11.5 Å². The molecule has 0 aliphatic heterocycles. The summed E-state index contributed by atoms with van der Waals surface area (Å²) in [5.41, 5.74) is 24.8. The van der Waals surface area contributed by atoms with Gasteiger partial charge in [-0.1, -0.05) is 126 Å². The van der Waals surface area contributed by atoms with E-state index in [2.05, 4.69) is 100 Å². The molecule has 0 spiro atoms. The zero-order valence-corrected chi connectivity index (χ0v) is 29.3. The van der Waals surface area contributed by atoms with E-state index in [9.17, 15) is 0 Å². The van der Waals surface area contributed by atoms with Gasteiger partial charge in [0.15, 0.2) is 0 Å². The largest absolute Gasteiger partial charge is 0.399 e. The summed E-state index contributed by atoms with van der Waals surface area (Å²) < 4.78 is 0. The zero-order valence-electron chi connectivity index (χ0n) is 29.3. The summed E-state index contributed by atoms with van der Waals surface area (Å²) in [6.45, 7) is 8.92. The van der Waals surface area contributed by atoms with Gasteiger partial charge in [0.25, 0.3) is 0 Å². The third-order valence-corrected chi connectivity index (χ3v) is 10.1. The van der Waals surface area contributed by atoms with Gasteiger partial charge in [-0.15, -0.1) is 0 Å². The van der Waals surface area contributed by atoms with Crippen LogP contribution in [0.3, 0.4) is 0 Å². The number of hydrogen-bond donors (Lipinski definition) is 2. The first-order valence-electron chi connectivity index (χ1n) is 18.3. The van der Waals surface area contributed by atoms with Crippen LogP contribution in [0.4, 0.5) is 11.4 Å². The Kier molecular flexibility index (Phi) is 14.3. The highest BCUT2D eigenvalue weighted by Gasteiger charge is 2.16. The molecule has 0 heterocycles. The SMILES string of the molecule is CCC(c1ccc(CCCCCCCCCCCCc2ccc(C(CC)c3ccc(N)cc3C)cc2)cc1)c1ccc(N)cc1C. The van der Waals surface area contributed by atoms with Crippen LogP contribution in [0.1, 0.15) is 147 Å². The summed E-state index contributed by atoms with van der Waals surface area (Å²) in [5.74, 6) is 0.884. The smallest absolute Gasteiger partial charge is 0.0316 e. The van der Waals surface area contributed by atoms with Crippen molar-refractivity contribution in [1.29, 1.82) is 0 Å². The van der Waals surface area contributed by atoms with Crippen LogP contribution in [-0.2, 0) is 12.8 Å². The standard InChI is InChI=1S/C44H60N2/c1-5-41(43-29-27-39(45)31-33(43)3)37-23-19-35(20-24-37)17-15-13-11-9-7-8-10-12-14-16-18-36-21-25-38(26-22-36)42(6-2)44-30-28-40(46)32-34(44)4/h19-32,41-42H,5-18,45-46H2,1-4H3. The highest BCUT2D eigenvalue weighted by atomic mass is 14.5. The maximum atomic E-state index is 5.99. The van der Waals surface area contributed by atoms with Crippen LogP contribution < -0.4 is 11.5 Å². The normalized spacial score (nSPS) is 12.7. The van der Waals surface area contributed by atoms with Crippen LogP contribution in [0.2, 0.25) is 0 Å². The van der Waals surface area contributed by atoms with Crippen LogP contribution >= 0.6 is 0 Å². The molecule has 46 heavy (non-hydrogen) atoms. The van der Waals surface area contributed by atoms with Crippen molar-refractivity contribution in [2.75, 3.05) is 11.5 Å².